The molecule has 0 radical (unpaired) electrons. The number of carbonyl (C=O) groups excluding carboxylic acids is 2. The Bertz CT molecular complexity index is 1670. The van der Waals surface area contributed by atoms with Crippen molar-refractivity contribution in [3.8, 4) is 0 Å². The van der Waals surface area contributed by atoms with E-state index in [-0.39, 0.29) is 38.6 Å². The van der Waals surface area contributed by atoms with E-state index in [1.54, 1.807) is 0 Å². The number of phosphoric acid groups is 1. The third-order valence-corrected chi connectivity index (χ3v) is 16.7. The second-order valence-electron chi connectivity index (χ2n) is 24.1. The van der Waals surface area contributed by atoms with Gasteiger partial charge in [-0.3, -0.25) is 18.6 Å². The summed E-state index contributed by atoms with van der Waals surface area (Å²) in [6.07, 6.45) is 94.1. The summed E-state index contributed by atoms with van der Waals surface area (Å²) in [4.78, 5) is 35.4. The summed E-state index contributed by atoms with van der Waals surface area (Å²) >= 11 is 0. The molecule has 9 nitrogen and oxygen atoms in total. The van der Waals surface area contributed by atoms with Crippen molar-refractivity contribution < 1.29 is 37.6 Å². The van der Waals surface area contributed by atoms with E-state index in [1.807, 2.05) is 0 Å². The molecule has 0 aliphatic rings. The molecule has 0 saturated heterocycles. The number of unbranched alkanes of at least 4 members (excludes halogenated alkanes) is 41. The Morgan fingerprint density at radius 3 is 0.965 bits per heavy atom. The molecule has 2 unspecified atom stereocenters. The first-order valence-electron chi connectivity index (χ1n) is 36.1. The van der Waals surface area contributed by atoms with Gasteiger partial charge in [0.1, 0.15) is 6.61 Å². The SMILES string of the molecule is CC/C=C\C/C=C\C/C=C\C/C=C\CCCCCCCCCCCCCCCCCCCCCCCCCCCCC(=O)OC(COC(=O)CCCCCCCCCCCC/C=C\C/C=C\C/C=C\CCCCCCC)COP(=O)(O)OCCN. The molecule has 85 heavy (non-hydrogen) atoms. The monoisotopic (exact) mass is 1210 g/mol. The molecule has 0 saturated carbocycles. The molecule has 0 bridgehead atoms. The lowest BCUT2D eigenvalue weighted by molar-refractivity contribution is -0.161. The Labute approximate surface area is 525 Å². The van der Waals surface area contributed by atoms with Crippen molar-refractivity contribution in [2.75, 3.05) is 26.4 Å². The smallest absolute Gasteiger partial charge is 0.462 e. The van der Waals surface area contributed by atoms with Gasteiger partial charge in [-0.15, -0.1) is 0 Å². The van der Waals surface area contributed by atoms with Crippen molar-refractivity contribution in [3.63, 3.8) is 0 Å². The number of esters is 2. The summed E-state index contributed by atoms with van der Waals surface area (Å²) in [5.74, 6) is -0.818. The van der Waals surface area contributed by atoms with E-state index in [0.29, 0.717) is 6.42 Å². The summed E-state index contributed by atoms with van der Waals surface area (Å²) in [5, 5.41) is 0. The number of hydrogen-bond donors (Lipinski definition) is 2. The molecule has 0 spiro atoms. The lowest BCUT2D eigenvalue weighted by Crippen LogP contribution is -2.29. The average molecular weight is 1210 g/mol. The van der Waals surface area contributed by atoms with Crippen molar-refractivity contribution in [1.82, 2.24) is 0 Å². The van der Waals surface area contributed by atoms with E-state index in [2.05, 4.69) is 98.9 Å². The highest BCUT2D eigenvalue weighted by atomic mass is 31.2. The lowest BCUT2D eigenvalue weighted by Gasteiger charge is -2.19. The summed E-state index contributed by atoms with van der Waals surface area (Å²) in [5.41, 5.74) is 5.40. The van der Waals surface area contributed by atoms with Crippen LogP contribution in [0, 0.1) is 0 Å². The van der Waals surface area contributed by atoms with Gasteiger partial charge in [0.05, 0.1) is 13.2 Å². The average Bonchev–Trinajstić information content (AvgIpc) is 3.53. The fourth-order valence-electron chi connectivity index (χ4n) is 10.5. The van der Waals surface area contributed by atoms with Gasteiger partial charge >= 0.3 is 19.8 Å². The third kappa shape index (κ3) is 70.2. The zero-order valence-corrected chi connectivity index (χ0v) is 56.5. The van der Waals surface area contributed by atoms with Crippen molar-refractivity contribution in [2.45, 2.75) is 354 Å². The van der Waals surface area contributed by atoms with Crippen LogP contribution in [0.5, 0.6) is 0 Å². The predicted octanol–water partition coefficient (Wildman–Crippen LogP) is 23.8. The van der Waals surface area contributed by atoms with E-state index < -0.39 is 26.5 Å². The minimum atomic E-state index is -4.40. The molecule has 10 heteroatoms. The summed E-state index contributed by atoms with van der Waals surface area (Å²) in [6.45, 7) is 3.66. The maximum atomic E-state index is 12.8. The molecule has 2 atom stereocenters. The first-order chi connectivity index (χ1) is 41.8. The molecule has 0 aromatic heterocycles. The molecular formula is C75H136NO8P. The predicted molar refractivity (Wildman–Crippen MR) is 367 cm³/mol. The first kappa shape index (κ1) is 82.2. The van der Waals surface area contributed by atoms with Gasteiger partial charge in [0.2, 0.25) is 0 Å². The van der Waals surface area contributed by atoms with E-state index in [9.17, 15) is 19.0 Å². The van der Waals surface area contributed by atoms with Crippen molar-refractivity contribution in [2.24, 2.45) is 5.73 Å². The van der Waals surface area contributed by atoms with Gasteiger partial charge in [-0.1, -0.05) is 330 Å². The van der Waals surface area contributed by atoms with Crippen molar-refractivity contribution in [1.29, 1.82) is 0 Å². The summed E-state index contributed by atoms with van der Waals surface area (Å²) in [6, 6.07) is 0. The molecule has 0 amide bonds. The second kappa shape index (κ2) is 70.3. The van der Waals surface area contributed by atoms with Crippen LogP contribution in [0.3, 0.4) is 0 Å². The summed E-state index contributed by atoms with van der Waals surface area (Å²) in [7, 11) is -4.40. The third-order valence-electron chi connectivity index (χ3n) is 15.8. The zero-order valence-electron chi connectivity index (χ0n) is 55.6. The van der Waals surface area contributed by atoms with E-state index in [0.717, 1.165) is 70.6 Å². The molecule has 0 aliphatic heterocycles. The van der Waals surface area contributed by atoms with Crippen LogP contribution in [0.1, 0.15) is 348 Å². The normalized spacial score (nSPS) is 13.4. The number of carbonyl (C=O) groups is 2. The minimum Gasteiger partial charge on any atom is -0.462 e. The van der Waals surface area contributed by atoms with Gasteiger partial charge < -0.3 is 20.1 Å². The van der Waals surface area contributed by atoms with Crippen molar-refractivity contribution >= 4 is 19.8 Å². The number of allylic oxidation sites excluding steroid dienone is 14. The number of hydrogen-bond acceptors (Lipinski definition) is 8. The Kier molecular flexibility index (Phi) is 68.0. The molecule has 0 fully saturated rings. The molecule has 0 heterocycles. The van der Waals surface area contributed by atoms with E-state index in [1.165, 1.54) is 244 Å². The molecule has 0 rings (SSSR count). The van der Waals surface area contributed by atoms with Gasteiger partial charge in [-0.05, 0) is 89.9 Å². The van der Waals surface area contributed by atoms with E-state index >= 15 is 0 Å². The van der Waals surface area contributed by atoms with Crippen LogP contribution in [0.15, 0.2) is 85.1 Å². The minimum absolute atomic E-state index is 0.0523. The lowest BCUT2D eigenvalue weighted by atomic mass is 10.0. The zero-order chi connectivity index (χ0) is 61.6. The number of phosphoric ester groups is 1. The molecule has 494 valence electrons. The van der Waals surface area contributed by atoms with Gasteiger partial charge in [-0.25, -0.2) is 4.57 Å². The second-order valence-corrected chi connectivity index (χ2v) is 25.5. The van der Waals surface area contributed by atoms with Crippen LogP contribution >= 0.6 is 7.82 Å². The quantitative estimate of drug-likeness (QED) is 0.0264. The number of nitrogens with two attached hydrogens (primary N) is 1. The van der Waals surface area contributed by atoms with Crippen LogP contribution < -0.4 is 5.73 Å². The maximum Gasteiger partial charge on any atom is 0.472 e. The van der Waals surface area contributed by atoms with Gasteiger partial charge in [-0.2, -0.15) is 0 Å². The fraction of sp³-hybridized carbons (Fsp3) is 0.787. The molecule has 0 aromatic rings. The molecule has 0 aliphatic carbocycles. The summed E-state index contributed by atoms with van der Waals surface area (Å²) < 4.78 is 33.2. The number of ether oxygens (including phenoxy) is 2. The van der Waals surface area contributed by atoms with Crippen LogP contribution in [0.2, 0.25) is 0 Å². The Balaban J connectivity index is 3.80. The Morgan fingerprint density at radius 2 is 0.647 bits per heavy atom. The van der Waals surface area contributed by atoms with Crippen LogP contribution in [-0.2, 0) is 32.7 Å². The van der Waals surface area contributed by atoms with E-state index in [4.69, 9.17) is 24.3 Å². The Morgan fingerprint density at radius 1 is 0.365 bits per heavy atom. The maximum absolute atomic E-state index is 12.8. The molecule has 0 aromatic carbocycles. The van der Waals surface area contributed by atoms with Gasteiger partial charge in [0.15, 0.2) is 6.10 Å². The molecular weight excluding hydrogens is 1070 g/mol. The Hall–Kier alpha value is -2.81. The highest BCUT2D eigenvalue weighted by Crippen LogP contribution is 2.43. The molecule has 3 N–H and O–H groups in total. The largest absolute Gasteiger partial charge is 0.472 e. The van der Waals surface area contributed by atoms with Crippen LogP contribution in [0.25, 0.3) is 0 Å². The van der Waals surface area contributed by atoms with Crippen LogP contribution in [0.4, 0.5) is 0 Å². The number of rotatable bonds is 68. The fourth-order valence-corrected chi connectivity index (χ4v) is 11.2. The first-order valence-corrected chi connectivity index (χ1v) is 37.6. The van der Waals surface area contributed by atoms with Gasteiger partial charge in [0.25, 0.3) is 0 Å². The topological polar surface area (TPSA) is 134 Å². The van der Waals surface area contributed by atoms with Crippen molar-refractivity contribution in [3.05, 3.63) is 85.1 Å². The van der Waals surface area contributed by atoms with Crippen LogP contribution in [-0.4, -0.2) is 49.3 Å². The highest BCUT2D eigenvalue weighted by molar-refractivity contribution is 7.47. The van der Waals surface area contributed by atoms with Gasteiger partial charge in [0, 0.05) is 19.4 Å². The standard InChI is InChI=1S/C75H136NO8P/c1-3-5-7-9-11-13-15-17-19-21-23-25-27-29-30-31-32-33-34-35-36-37-38-39-40-41-42-44-46-48-50-52-54-56-58-60-62-64-66-68-75(78)84-73(72-83-85(79,80)82-70-69-76)71-81-74(77)67-65-63-61-59-57-55-53-51-49-47-45-43-28-26-24-22-20-18-16-14-12-10-8-6-4-2/h5,7,11,13,16-19,22-25,28,43,73H,3-4,6,8-10,12,14-15,20-21,26-27,29-42,44-72,76H2,1-2H3,(H,79,80)/b7-5-,13-11-,18-16-,19-17-,24-22-,25-23-,43-28-. The highest BCUT2D eigenvalue weighted by Gasteiger charge is 2.26.